The van der Waals surface area contributed by atoms with Gasteiger partial charge in [-0.1, -0.05) is 12.1 Å². The maximum Gasteiger partial charge on any atom is 0.420 e. The average molecular weight is 685 g/mol. The number of pyridine rings is 1. The van der Waals surface area contributed by atoms with Gasteiger partial charge in [0.2, 0.25) is 0 Å². The Kier molecular flexibility index (Phi) is 8.16. The minimum atomic E-state index is -5.35. The molecule has 1 fully saturated rings. The standard InChI is InChI=1S/C32H29F5N8O2S/c1-14(15-6-4-10-41-27(15)39)42-29-21-24(43-30(44-29)47-13-31(2)9-5-11-45(31)3)23(34)20(22(25(21)46)32(35,36)37)16-7-8-18(33)26-19(16)17(12-38)28(40)48-26/h4,6-8,10,14,46H,5,9,11,13,40H2,1-3H3,(H2,39,41)(H,42,43,44)/t14-,31+/m1/s1. The van der Waals surface area contributed by atoms with E-state index < -0.39 is 62.7 Å². The molecule has 0 bridgehead atoms. The molecule has 2 aromatic carbocycles. The van der Waals surface area contributed by atoms with E-state index in [4.69, 9.17) is 16.2 Å². The number of nitrogens with two attached hydrogens (primary N) is 2. The largest absolute Gasteiger partial charge is 0.506 e. The van der Waals surface area contributed by atoms with Gasteiger partial charge in [0.1, 0.15) is 52.0 Å². The Morgan fingerprint density at radius 3 is 2.60 bits per heavy atom. The molecule has 4 heterocycles. The van der Waals surface area contributed by atoms with Crippen LogP contribution in [0.15, 0.2) is 30.5 Å². The molecule has 48 heavy (non-hydrogen) atoms. The maximum absolute atomic E-state index is 16.9. The van der Waals surface area contributed by atoms with Gasteiger partial charge in [-0.2, -0.15) is 28.4 Å². The smallest absolute Gasteiger partial charge is 0.420 e. The van der Waals surface area contributed by atoms with E-state index in [2.05, 4.69) is 25.2 Å². The van der Waals surface area contributed by atoms with E-state index in [1.54, 1.807) is 25.1 Å². The Hall–Kier alpha value is -5.01. The summed E-state index contributed by atoms with van der Waals surface area (Å²) in [5.74, 6) is -4.02. The summed E-state index contributed by atoms with van der Waals surface area (Å²) in [4.78, 5) is 14.6. The van der Waals surface area contributed by atoms with Gasteiger partial charge in [-0.15, -0.1) is 11.3 Å². The molecule has 3 aromatic heterocycles. The van der Waals surface area contributed by atoms with E-state index in [1.807, 2.05) is 14.0 Å². The first-order chi connectivity index (χ1) is 22.7. The number of aromatic nitrogens is 3. The number of hydrogen-bond acceptors (Lipinski definition) is 11. The second-order valence-electron chi connectivity index (χ2n) is 11.9. The lowest BCUT2D eigenvalue weighted by atomic mass is 9.91. The third kappa shape index (κ3) is 5.42. The molecule has 0 amide bonds. The zero-order valence-corrected chi connectivity index (χ0v) is 26.7. The molecular weight excluding hydrogens is 655 g/mol. The van der Waals surface area contributed by atoms with Crippen molar-refractivity contribution in [3.05, 3.63) is 58.8 Å². The zero-order valence-electron chi connectivity index (χ0n) is 25.8. The fraction of sp³-hybridized carbons (Fsp3) is 0.312. The van der Waals surface area contributed by atoms with Crippen LogP contribution in [-0.4, -0.2) is 50.7 Å². The SMILES string of the molecule is C[C@@H](Nc1nc(OC[C@]2(C)CCCN2C)nc2c(F)c(-c3ccc(F)c4sc(N)c(C#N)c34)c(C(F)(F)F)c(O)c12)c1cccnc1N. The minimum absolute atomic E-state index is 0.0684. The van der Waals surface area contributed by atoms with E-state index in [9.17, 15) is 27.9 Å². The van der Waals surface area contributed by atoms with E-state index in [0.717, 1.165) is 31.5 Å². The van der Waals surface area contributed by atoms with Crippen molar-refractivity contribution < 1.29 is 31.8 Å². The van der Waals surface area contributed by atoms with Crippen LogP contribution in [0.4, 0.5) is 38.6 Å². The Balaban J connectivity index is 1.65. The number of benzene rings is 2. The predicted molar refractivity (Wildman–Crippen MR) is 173 cm³/mol. The molecule has 6 rings (SSSR count). The highest BCUT2D eigenvalue weighted by atomic mass is 32.1. The quantitative estimate of drug-likeness (QED) is 0.132. The van der Waals surface area contributed by atoms with Gasteiger partial charge in [-0.25, -0.2) is 13.8 Å². The van der Waals surface area contributed by atoms with Crippen LogP contribution >= 0.6 is 11.3 Å². The van der Waals surface area contributed by atoms with Crippen molar-refractivity contribution in [3.63, 3.8) is 0 Å². The summed E-state index contributed by atoms with van der Waals surface area (Å²) in [6.45, 7) is 4.47. The predicted octanol–water partition coefficient (Wildman–Crippen LogP) is 6.98. The number of hydrogen-bond donors (Lipinski definition) is 4. The summed E-state index contributed by atoms with van der Waals surface area (Å²) in [7, 11) is 1.92. The van der Waals surface area contributed by atoms with Crippen molar-refractivity contribution in [1.29, 1.82) is 5.26 Å². The number of alkyl halides is 3. The number of halogens is 5. The number of rotatable bonds is 7. The molecule has 0 unspecified atom stereocenters. The minimum Gasteiger partial charge on any atom is -0.506 e. The molecule has 10 nitrogen and oxygen atoms in total. The second-order valence-corrected chi connectivity index (χ2v) is 12.9. The Morgan fingerprint density at radius 2 is 1.96 bits per heavy atom. The van der Waals surface area contributed by atoms with Crippen molar-refractivity contribution in [1.82, 2.24) is 19.9 Å². The van der Waals surface area contributed by atoms with E-state index in [-0.39, 0.29) is 44.9 Å². The molecule has 16 heteroatoms. The number of nitrogens with one attached hydrogen (secondary N) is 1. The molecule has 2 atom stereocenters. The first kappa shape index (κ1) is 32.9. The summed E-state index contributed by atoms with van der Waals surface area (Å²) in [5, 5.41) is 23.0. The van der Waals surface area contributed by atoms with Crippen LogP contribution in [0, 0.1) is 23.0 Å². The molecule has 1 aliphatic heterocycles. The van der Waals surface area contributed by atoms with Gasteiger partial charge in [0, 0.05) is 22.7 Å². The number of nitriles is 1. The molecule has 1 aliphatic rings. The van der Waals surface area contributed by atoms with Gasteiger partial charge in [0.15, 0.2) is 5.82 Å². The van der Waals surface area contributed by atoms with E-state index in [0.29, 0.717) is 16.9 Å². The van der Waals surface area contributed by atoms with Gasteiger partial charge in [0.25, 0.3) is 0 Å². The number of likely N-dealkylation sites (tertiary alicyclic amines) is 1. The lowest BCUT2D eigenvalue weighted by Gasteiger charge is -2.31. The van der Waals surface area contributed by atoms with Gasteiger partial charge >= 0.3 is 12.2 Å². The number of thiophene rings is 1. The van der Waals surface area contributed by atoms with Crippen LogP contribution in [-0.2, 0) is 6.18 Å². The highest BCUT2D eigenvalue weighted by Crippen LogP contribution is 2.52. The van der Waals surface area contributed by atoms with Gasteiger partial charge in [-0.3, -0.25) is 4.90 Å². The molecular formula is C32H29F5N8O2S. The number of aromatic hydroxyl groups is 1. The van der Waals surface area contributed by atoms with Crippen molar-refractivity contribution in [2.45, 2.75) is 44.4 Å². The van der Waals surface area contributed by atoms with Crippen LogP contribution in [0.3, 0.4) is 0 Å². The number of fused-ring (bicyclic) bond motifs is 2. The zero-order chi connectivity index (χ0) is 34.7. The highest BCUT2D eigenvalue weighted by molar-refractivity contribution is 7.23. The third-order valence-electron chi connectivity index (χ3n) is 8.86. The molecule has 5 aromatic rings. The van der Waals surface area contributed by atoms with E-state index >= 15 is 4.39 Å². The molecule has 1 saturated heterocycles. The summed E-state index contributed by atoms with van der Waals surface area (Å²) in [6, 6.07) is 5.65. The molecule has 0 radical (unpaired) electrons. The molecule has 0 spiro atoms. The van der Waals surface area contributed by atoms with E-state index in [1.165, 1.54) is 6.20 Å². The first-order valence-corrected chi connectivity index (χ1v) is 15.5. The van der Waals surface area contributed by atoms with Crippen LogP contribution in [0.5, 0.6) is 11.8 Å². The lowest BCUT2D eigenvalue weighted by molar-refractivity contribution is -0.138. The van der Waals surface area contributed by atoms with Crippen molar-refractivity contribution in [3.8, 4) is 29.0 Å². The molecule has 250 valence electrons. The van der Waals surface area contributed by atoms with Gasteiger partial charge in [0.05, 0.1) is 27.2 Å². The topological polar surface area (TPSA) is 159 Å². The molecule has 0 saturated carbocycles. The number of phenolic OH excluding ortho intramolecular Hbond substituents is 1. The summed E-state index contributed by atoms with van der Waals surface area (Å²) < 4.78 is 82.3. The fourth-order valence-electron chi connectivity index (χ4n) is 6.14. The fourth-order valence-corrected chi connectivity index (χ4v) is 7.09. The summed E-state index contributed by atoms with van der Waals surface area (Å²) >= 11 is 0.634. The Morgan fingerprint density at radius 1 is 1.21 bits per heavy atom. The number of nitrogens with zero attached hydrogens (tertiary/aromatic N) is 5. The van der Waals surface area contributed by atoms with Gasteiger partial charge in [-0.05, 0) is 58.0 Å². The van der Waals surface area contributed by atoms with Crippen molar-refractivity contribution in [2.24, 2.45) is 0 Å². The monoisotopic (exact) mass is 684 g/mol. The molecule has 6 N–H and O–H groups in total. The van der Waals surface area contributed by atoms with Crippen molar-refractivity contribution >= 4 is 49.0 Å². The molecule has 0 aliphatic carbocycles. The normalized spacial score (nSPS) is 17.6. The number of nitrogen functional groups attached to an aromatic ring is 2. The van der Waals surface area contributed by atoms with Crippen LogP contribution in [0.1, 0.15) is 49.4 Å². The van der Waals surface area contributed by atoms with Crippen molar-refractivity contribution in [2.75, 3.05) is 37.0 Å². The Labute approximate surface area is 274 Å². The van der Waals surface area contributed by atoms with Crippen LogP contribution in [0.2, 0.25) is 0 Å². The summed E-state index contributed by atoms with van der Waals surface area (Å²) in [5.41, 5.74) is 7.50. The van der Waals surface area contributed by atoms with Gasteiger partial charge < -0.3 is 26.6 Å². The third-order valence-corrected chi connectivity index (χ3v) is 9.88. The average Bonchev–Trinajstić information content (AvgIpc) is 3.55. The lowest BCUT2D eigenvalue weighted by Crippen LogP contribution is -2.43. The van der Waals surface area contributed by atoms with Crippen LogP contribution in [0.25, 0.3) is 32.1 Å². The first-order valence-electron chi connectivity index (χ1n) is 14.7. The Bertz CT molecular complexity index is 2130. The number of anilines is 3. The highest BCUT2D eigenvalue weighted by Gasteiger charge is 2.42. The number of phenols is 1. The second kappa shape index (κ2) is 11.9. The number of likely N-dealkylation sites (N-methyl/N-ethyl adjacent to an activating group) is 1. The number of ether oxygens (including phenoxy) is 1. The summed E-state index contributed by atoms with van der Waals surface area (Å²) in [6.07, 6.45) is -2.21. The van der Waals surface area contributed by atoms with Crippen LogP contribution < -0.4 is 21.5 Å². The maximum atomic E-state index is 16.9.